The number of nitrogen functional groups attached to an aromatic ring is 1. The highest BCUT2D eigenvalue weighted by molar-refractivity contribution is 14.1. The number of nitrogens with two attached hydrogens (primary N) is 1. The maximum Gasteiger partial charge on any atom is 0.573 e. The first-order valence-electron chi connectivity index (χ1n) is 5.43. The van der Waals surface area contributed by atoms with Gasteiger partial charge in [0.05, 0.1) is 3.57 Å². The number of alkyl halides is 3. The number of benzene rings is 2. The molecule has 2 rings (SSSR count). The summed E-state index contributed by atoms with van der Waals surface area (Å²) in [6, 6.07) is 10.4. The van der Waals surface area contributed by atoms with Gasteiger partial charge in [0.25, 0.3) is 0 Å². The van der Waals surface area contributed by atoms with Crippen LogP contribution in [0.3, 0.4) is 0 Å². The van der Waals surface area contributed by atoms with Gasteiger partial charge in [-0.3, -0.25) is 0 Å². The zero-order valence-corrected chi connectivity index (χ0v) is 12.1. The molecule has 0 aliphatic carbocycles. The zero-order chi connectivity index (χ0) is 14.8. The van der Waals surface area contributed by atoms with Gasteiger partial charge in [-0.25, -0.2) is 0 Å². The van der Waals surface area contributed by atoms with Crippen molar-refractivity contribution in [3.05, 3.63) is 46.0 Å². The molecule has 3 nitrogen and oxygen atoms in total. The average molecular weight is 395 g/mol. The summed E-state index contributed by atoms with van der Waals surface area (Å²) < 4.78 is 46.9. The quantitative estimate of drug-likeness (QED) is 0.612. The second-order valence-electron chi connectivity index (χ2n) is 3.79. The third-order valence-electron chi connectivity index (χ3n) is 2.25. The fourth-order valence-corrected chi connectivity index (χ4v) is 2.11. The maximum atomic E-state index is 12.3. The number of ether oxygens (including phenoxy) is 2. The zero-order valence-electron chi connectivity index (χ0n) is 9.95. The van der Waals surface area contributed by atoms with Crippen LogP contribution in [0.5, 0.6) is 17.2 Å². The van der Waals surface area contributed by atoms with E-state index < -0.39 is 12.1 Å². The largest absolute Gasteiger partial charge is 0.573 e. The highest BCUT2D eigenvalue weighted by Gasteiger charge is 2.32. The molecule has 0 radical (unpaired) electrons. The van der Waals surface area contributed by atoms with Crippen molar-refractivity contribution >= 4 is 28.3 Å². The Morgan fingerprint density at radius 3 is 2.20 bits per heavy atom. The van der Waals surface area contributed by atoms with Crippen molar-refractivity contribution in [1.82, 2.24) is 0 Å². The van der Waals surface area contributed by atoms with Gasteiger partial charge >= 0.3 is 6.36 Å². The van der Waals surface area contributed by atoms with Gasteiger partial charge in [0.2, 0.25) is 0 Å². The van der Waals surface area contributed by atoms with Gasteiger partial charge in [0.1, 0.15) is 5.75 Å². The van der Waals surface area contributed by atoms with Gasteiger partial charge in [-0.05, 0) is 52.9 Å². The van der Waals surface area contributed by atoms with E-state index in [9.17, 15) is 13.2 Å². The molecule has 0 aliphatic rings. The number of hydrogen-bond acceptors (Lipinski definition) is 3. The molecule has 0 fully saturated rings. The third-order valence-corrected chi connectivity index (χ3v) is 3.09. The molecule has 0 unspecified atom stereocenters. The number of anilines is 1. The SMILES string of the molecule is Nc1ccc(Oc2ccccc2OC(F)(F)F)c(I)c1. The summed E-state index contributed by atoms with van der Waals surface area (Å²) in [6.45, 7) is 0. The number of halogens is 4. The van der Waals surface area contributed by atoms with Crippen molar-refractivity contribution in [2.45, 2.75) is 6.36 Å². The summed E-state index contributed by atoms with van der Waals surface area (Å²) in [5.74, 6) is -0.0156. The molecule has 0 spiro atoms. The van der Waals surface area contributed by atoms with Crippen LogP contribution < -0.4 is 15.2 Å². The molecule has 0 heterocycles. The highest BCUT2D eigenvalue weighted by atomic mass is 127. The molecule has 20 heavy (non-hydrogen) atoms. The van der Waals surface area contributed by atoms with Gasteiger partial charge in [0.15, 0.2) is 11.5 Å². The van der Waals surface area contributed by atoms with Crippen molar-refractivity contribution in [3.8, 4) is 17.2 Å². The first-order chi connectivity index (χ1) is 9.35. The van der Waals surface area contributed by atoms with E-state index in [-0.39, 0.29) is 5.75 Å². The minimum absolute atomic E-state index is 0.0208. The van der Waals surface area contributed by atoms with Crippen molar-refractivity contribution in [2.75, 3.05) is 5.73 Å². The Morgan fingerprint density at radius 2 is 1.60 bits per heavy atom. The molecular weight excluding hydrogens is 386 g/mol. The Labute approximate surface area is 126 Å². The summed E-state index contributed by atoms with van der Waals surface area (Å²) in [4.78, 5) is 0. The normalized spacial score (nSPS) is 11.2. The van der Waals surface area contributed by atoms with E-state index in [4.69, 9.17) is 10.5 Å². The molecule has 0 saturated heterocycles. The Hall–Kier alpha value is -1.64. The van der Waals surface area contributed by atoms with Gasteiger partial charge in [-0.2, -0.15) is 0 Å². The number of para-hydroxylation sites is 2. The second-order valence-corrected chi connectivity index (χ2v) is 4.95. The Kier molecular flexibility index (Phi) is 4.26. The molecule has 0 atom stereocenters. The standard InChI is InChI=1S/C13H9F3INO2/c14-13(15,16)20-12-4-2-1-3-11(12)19-10-6-5-8(18)7-9(10)17/h1-7H,18H2. The van der Waals surface area contributed by atoms with Crippen LogP contribution in [0.15, 0.2) is 42.5 Å². The lowest BCUT2D eigenvalue weighted by molar-refractivity contribution is -0.275. The maximum absolute atomic E-state index is 12.3. The summed E-state index contributed by atoms with van der Waals surface area (Å²) in [7, 11) is 0. The molecule has 0 saturated carbocycles. The van der Waals surface area contributed by atoms with Crippen LogP contribution in [0.1, 0.15) is 0 Å². The van der Waals surface area contributed by atoms with Crippen LogP contribution in [0.25, 0.3) is 0 Å². The topological polar surface area (TPSA) is 44.5 Å². The van der Waals surface area contributed by atoms with Crippen LogP contribution >= 0.6 is 22.6 Å². The predicted molar refractivity (Wildman–Crippen MR) is 76.8 cm³/mol. The van der Waals surface area contributed by atoms with Crippen molar-refractivity contribution in [3.63, 3.8) is 0 Å². The van der Waals surface area contributed by atoms with Gasteiger partial charge in [-0.1, -0.05) is 12.1 Å². The smallest absolute Gasteiger partial charge is 0.452 e. The molecule has 2 N–H and O–H groups in total. The highest BCUT2D eigenvalue weighted by Crippen LogP contribution is 2.36. The van der Waals surface area contributed by atoms with Gasteiger partial charge in [-0.15, -0.1) is 13.2 Å². The molecule has 7 heteroatoms. The molecule has 2 aromatic rings. The van der Waals surface area contributed by atoms with Crippen LogP contribution in [-0.2, 0) is 0 Å². The first-order valence-corrected chi connectivity index (χ1v) is 6.51. The minimum Gasteiger partial charge on any atom is -0.452 e. The Balaban J connectivity index is 2.29. The Bertz CT molecular complexity index is 617. The summed E-state index contributed by atoms with van der Waals surface area (Å²) in [6.07, 6.45) is -4.77. The monoisotopic (exact) mass is 395 g/mol. The fraction of sp³-hybridized carbons (Fsp3) is 0.0769. The van der Waals surface area contributed by atoms with Gasteiger partial charge < -0.3 is 15.2 Å². The molecule has 0 bridgehead atoms. The first kappa shape index (κ1) is 14.8. The van der Waals surface area contributed by atoms with Crippen molar-refractivity contribution in [1.29, 1.82) is 0 Å². The molecule has 0 aliphatic heterocycles. The molecule has 106 valence electrons. The third kappa shape index (κ3) is 3.92. The van der Waals surface area contributed by atoms with Crippen molar-refractivity contribution in [2.24, 2.45) is 0 Å². The van der Waals surface area contributed by atoms with Crippen LogP contribution in [0.4, 0.5) is 18.9 Å². The van der Waals surface area contributed by atoms with E-state index in [1.807, 2.05) is 22.6 Å². The lowest BCUT2D eigenvalue weighted by Gasteiger charge is -2.14. The van der Waals surface area contributed by atoms with Crippen LogP contribution in [0, 0.1) is 3.57 Å². The van der Waals surface area contributed by atoms with Gasteiger partial charge in [0, 0.05) is 5.69 Å². The van der Waals surface area contributed by atoms with E-state index in [1.165, 1.54) is 18.2 Å². The van der Waals surface area contributed by atoms with Crippen LogP contribution in [0.2, 0.25) is 0 Å². The van der Waals surface area contributed by atoms with Crippen LogP contribution in [-0.4, -0.2) is 6.36 Å². The molecular formula is C13H9F3INO2. The van der Waals surface area contributed by atoms with Crippen molar-refractivity contribution < 1.29 is 22.6 Å². The van der Waals surface area contributed by atoms with E-state index in [2.05, 4.69) is 4.74 Å². The number of rotatable bonds is 3. The van der Waals surface area contributed by atoms with E-state index >= 15 is 0 Å². The van der Waals surface area contributed by atoms with E-state index in [1.54, 1.807) is 24.3 Å². The lowest BCUT2D eigenvalue weighted by atomic mass is 10.3. The second kappa shape index (κ2) is 5.78. The fourth-order valence-electron chi connectivity index (χ4n) is 1.46. The molecule has 0 aromatic heterocycles. The summed E-state index contributed by atoms with van der Waals surface area (Å²) in [5.41, 5.74) is 6.14. The number of hydrogen-bond donors (Lipinski definition) is 1. The lowest BCUT2D eigenvalue weighted by Crippen LogP contribution is -2.17. The summed E-state index contributed by atoms with van der Waals surface area (Å²) >= 11 is 1.98. The van der Waals surface area contributed by atoms with E-state index in [0.717, 1.165) is 0 Å². The summed E-state index contributed by atoms with van der Waals surface area (Å²) in [5, 5.41) is 0. The Morgan fingerprint density at radius 1 is 0.950 bits per heavy atom. The molecule has 2 aromatic carbocycles. The predicted octanol–water partition coefficient (Wildman–Crippen LogP) is 4.56. The average Bonchev–Trinajstić information content (AvgIpc) is 2.33. The molecule has 0 amide bonds. The minimum atomic E-state index is -4.77. The van der Waals surface area contributed by atoms with E-state index in [0.29, 0.717) is 15.0 Å².